The van der Waals surface area contributed by atoms with Crippen LogP contribution in [0.25, 0.3) is 0 Å². The van der Waals surface area contributed by atoms with E-state index in [1.54, 1.807) is 43.4 Å². The zero-order chi connectivity index (χ0) is 18.6. The maximum Gasteiger partial charge on any atom is 0.251 e. The van der Waals surface area contributed by atoms with Crippen molar-refractivity contribution < 1.29 is 18.7 Å². The van der Waals surface area contributed by atoms with Gasteiger partial charge in [-0.25, -0.2) is 4.39 Å². The second kappa shape index (κ2) is 7.66. The van der Waals surface area contributed by atoms with Crippen molar-refractivity contribution in [1.29, 1.82) is 0 Å². The summed E-state index contributed by atoms with van der Waals surface area (Å²) in [6, 6.07) is 12.8. The van der Waals surface area contributed by atoms with Crippen molar-refractivity contribution in [2.45, 2.75) is 18.3 Å². The minimum Gasteiger partial charge on any atom is -0.381 e. The Morgan fingerprint density at radius 2 is 1.62 bits per heavy atom. The monoisotopic (exact) mass is 356 g/mol. The number of hydrogen-bond acceptors (Lipinski definition) is 3. The fourth-order valence-electron chi connectivity index (χ4n) is 3.24. The molecule has 1 heterocycles. The third-order valence-electron chi connectivity index (χ3n) is 4.81. The van der Waals surface area contributed by atoms with Crippen LogP contribution >= 0.6 is 0 Å². The van der Waals surface area contributed by atoms with Crippen molar-refractivity contribution in [3.05, 3.63) is 65.5 Å². The Morgan fingerprint density at radius 3 is 2.19 bits per heavy atom. The Balaban J connectivity index is 1.84. The fraction of sp³-hybridized carbons (Fsp3) is 0.300. The lowest BCUT2D eigenvalue weighted by atomic mass is 9.73. The zero-order valence-electron chi connectivity index (χ0n) is 14.5. The van der Waals surface area contributed by atoms with E-state index in [0.717, 1.165) is 5.56 Å². The second-order valence-corrected chi connectivity index (χ2v) is 6.31. The number of benzene rings is 2. The van der Waals surface area contributed by atoms with E-state index in [1.807, 2.05) is 0 Å². The summed E-state index contributed by atoms with van der Waals surface area (Å²) in [6.45, 7) is 0.945. The Kier molecular flexibility index (Phi) is 5.32. The number of carbonyl (C=O) groups is 2. The molecule has 5 nitrogen and oxygen atoms in total. The van der Waals surface area contributed by atoms with Gasteiger partial charge in [-0.2, -0.15) is 0 Å². The highest BCUT2D eigenvalue weighted by Gasteiger charge is 2.41. The predicted molar refractivity (Wildman–Crippen MR) is 96.6 cm³/mol. The van der Waals surface area contributed by atoms with Gasteiger partial charge in [-0.15, -0.1) is 0 Å². The van der Waals surface area contributed by atoms with E-state index in [4.69, 9.17) is 4.74 Å². The molecule has 1 aliphatic heterocycles. The first-order valence-corrected chi connectivity index (χ1v) is 8.52. The quantitative estimate of drug-likeness (QED) is 0.885. The van der Waals surface area contributed by atoms with E-state index >= 15 is 0 Å². The van der Waals surface area contributed by atoms with Crippen LogP contribution in [0.1, 0.15) is 28.8 Å². The summed E-state index contributed by atoms with van der Waals surface area (Å²) in [5, 5.41) is 5.48. The molecular formula is C20H21FN2O3. The molecule has 3 rings (SSSR count). The molecule has 2 N–H and O–H groups in total. The number of carbonyl (C=O) groups excluding carboxylic acids is 2. The Bertz CT molecular complexity index is 782. The van der Waals surface area contributed by atoms with Gasteiger partial charge in [-0.3, -0.25) is 9.59 Å². The van der Waals surface area contributed by atoms with Crippen LogP contribution in [0, 0.1) is 5.82 Å². The first kappa shape index (κ1) is 18.1. The van der Waals surface area contributed by atoms with Crippen LogP contribution in [-0.2, 0) is 14.9 Å². The largest absolute Gasteiger partial charge is 0.381 e. The fourth-order valence-corrected chi connectivity index (χ4v) is 3.24. The van der Waals surface area contributed by atoms with Crippen LogP contribution in [0.15, 0.2) is 48.5 Å². The Labute approximate surface area is 151 Å². The first-order chi connectivity index (χ1) is 12.5. The summed E-state index contributed by atoms with van der Waals surface area (Å²) in [4.78, 5) is 24.7. The maximum atomic E-state index is 13.3. The number of amides is 2. The van der Waals surface area contributed by atoms with Crippen LogP contribution in [0.5, 0.6) is 0 Å². The normalized spacial score (nSPS) is 15.9. The molecule has 0 radical (unpaired) electrons. The van der Waals surface area contributed by atoms with E-state index in [-0.39, 0.29) is 17.6 Å². The van der Waals surface area contributed by atoms with Gasteiger partial charge in [-0.1, -0.05) is 12.1 Å². The van der Waals surface area contributed by atoms with Gasteiger partial charge in [0.2, 0.25) is 5.91 Å². The SMILES string of the molecule is CNC(=O)c1ccc(NC(=O)C2(c3ccc(F)cc3)CCOCC2)cc1. The molecule has 0 atom stereocenters. The number of nitrogens with one attached hydrogen (secondary N) is 2. The number of anilines is 1. The van der Waals surface area contributed by atoms with Crippen molar-refractivity contribution in [1.82, 2.24) is 5.32 Å². The molecule has 0 unspecified atom stereocenters. The highest BCUT2D eigenvalue weighted by Crippen LogP contribution is 2.36. The van der Waals surface area contributed by atoms with Crippen LogP contribution in [0.3, 0.4) is 0 Å². The van der Waals surface area contributed by atoms with Crippen LogP contribution in [0.4, 0.5) is 10.1 Å². The maximum absolute atomic E-state index is 13.3. The van der Waals surface area contributed by atoms with Gasteiger partial charge >= 0.3 is 0 Å². The van der Waals surface area contributed by atoms with Gasteiger partial charge < -0.3 is 15.4 Å². The van der Waals surface area contributed by atoms with Crippen molar-refractivity contribution >= 4 is 17.5 Å². The summed E-state index contributed by atoms with van der Waals surface area (Å²) >= 11 is 0. The smallest absolute Gasteiger partial charge is 0.251 e. The van der Waals surface area contributed by atoms with Gasteiger partial charge in [0, 0.05) is 31.5 Å². The molecule has 0 aromatic heterocycles. The molecule has 1 aliphatic rings. The number of ether oxygens (including phenoxy) is 1. The molecule has 0 spiro atoms. The minimum absolute atomic E-state index is 0.153. The molecule has 6 heteroatoms. The van der Waals surface area contributed by atoms with Crippen molar-refractivity contribution in [2.24, 2.45) is 0 Å². The van der Waals surface area contributed by atoms with E-state index in [1.165, 1.54) is 12.1 Å². The highest BCUT2D eigenvalue weighted by molar-refractivity contribution is 6.00. The molecular weight excluding hydrogens is 335 g/mol. The van der Waals surface area contributed by atoms with E-state index in [2.05, 4.69) is 10.6 Å². The van der Waals surface area contributed by atoms with Crippen molar-refractivity contribution in [2.75, 3.05) is 25.6 Å². The lowest BCUT2D eigenvalue weighted by Gasteiger charge is -2.36. The summed E-state index contributed by atoms with van der Waals surface area (Å²) in [5.41, 5.74) is 1.15. The summed E-state index contributed by atoms with van der Waals surface area (Å²) in [5.74, 6) is -0.670. The molecule has 2 amide bonds. The van der Waals surface area contributed by atoms with Crippen LogP contribution < -0.4 is 10.6 Å². The molecule has 136 valence electrons. The number of rotatable bonds is 4. The Hall–Kier alpha value is -2.73. The predicted octanol–water partition coefficient (Wildman–Crippen LogP) is 2.87. The Morgan fingerprint density at radius 1 is 1.00 bits per heavy atom. The average Bonchev–Trinajstić information content (AvgIpc) is 2.69. The van der Waals surface area contributed by atoms with E-state index in [9.17, 15) is 14.0 Å². The third-order valence-corrected chi connectivity index (χ3v) is 4.81. The van der Waals surface area contributed by atoms with Gasteiger partial charge in [0.1, 0.15) is 5.82 Å². The lowest BCUT2D eigenvalue weighted by Crippen LogP contribution is -2.44. The summed E-state index contributed by atoms with van der Waals surface area (Å²) < 4.78 is 18.7. The summed E-state index contributed by atoms with van der Waals surface area (Å²) in [6.07, 6.45) is 1.06. The second-order valence-electron chi connectivity index (χ2n) is 6.31. The molecule has 0 aliphatic carbocycles. The molecule has 1 fully saturated rings. The van der Waals surface area contributed by atoms with Crippen LogP contribution in [-0.4, -0.2) is 32.1 Å². The molecule has 2 aromatic rings. The molecule has 0 saturated carbocycles. The van der Waals surface area contributed by atoms with Gasteiger partial charge in [0.05, 0.1) is 5.41 Å². The minimum atomic E-state index is -0.759. The zero-order valence-corrected chi connectivity index (χ0v) is 14.5. The van der Waals surface area contributed by atoms with E-state index in [0.29, 0.717) is 37.3 Å². The van der Waals surface area contributed by atoms with Crippen LogP contribution in [0.2, 0.25) is 0 Å². The molecule has 1 saturated heterocycles. The number of hydrogen-bond donors (Lipinski definition) is 2. The standard InChI is InChI=1S/C20H21FN2O3/c1-22-18(24)14-2-8-17(9-3-14)23-19(25)20(10-12-26-13-11-20)15-4-6-16(21)7-5-15/h2-9H,10-13H2,1H3,(H,22,24)(H,23,25). The van der Waals surface area contributed by atoms with Crippen molar-refractivity contribution in [3.8, 4) is 0 Å². The van der Waals surface area contributed by atoms with E-state index < -0.39 is 5.41 Å². The molecule has 0 bridgehead atoms. The molecule has 2 aromatic carbocycles. The van der Waals surface area contributed by atoms with Crippen molar-refractivity contribution in [3.63, 3.8) is 0 Å². The van der Waals surface area contributed by atoms with Gasteiger partial charge in [-0.05, 0) is 54.8 Å². The number of halogens is 1. The third kappa shape index (κ3) is 3.60. The summed E-state index contributed by atoms with van der Waals surface area (Å²) in [7, 11) is 1.57. The average molecular weight is 356 g/mol. The first-order valence-electron chi connectivity index (χ1n) is 8.52. The van der Waals surface area contributed by atoms with Gasteiger partial charge in [0.15, 0.2) is 0 Å². The molecule has 26 heavy (non-hydrogen) atoms. The topological polar surface area (TPSA) is 67.4 Å². The highest BCUT2D eigenvalue weighted by atomic mass is 19.1. The lowest BCUT2D eigenvalue weighted by molar-refractivity contribution is -0.125. The van der Waals surface area contributed by atoms with Gasteiger partial charge in [0.25, 0.3) is 5.91 Å².